The van der Waals surface area contributed by atoms with E-state index in [0.717, 1.165) is 0 Å². The van der Waals surface area contributed by atoms with Crippen molar-refractivity contribution in [2.75, 3.05) is 7.11 Å². The molecule has 0 unspecified atom stereocenters. The lowest BCUT2D eigenvalue weighted by Crippen LogP contribution is -1.98. The average Bonchev–Trinajstić information content (AvgIpc) is 2.16. The zero-order chi connectivity index (χ0) is 10.6. The van der Waals surface area contributed by atoms with Crippen LogP contribution in [0.5, 0.6) is 5.75 Å². The zero-order valence-corrected chi connectivity index (χ0v) is 7.47. The maximum Gasteiger partial charge on any atom is 0.339 e. The van der Waals surface area contributed by atoms with E-state index in [9.17, 15) is 9.90 Å². The molecular weight excluding hydrogens is 186 g/mol. The van der Waals surface area contributed by atoms with Gasteiger partial charge in [-0.1, -0.05) is 5.16 Å². The summed E-state index contributed by atoms with van der Waals surface area (Å²) in [5.41, 5.74) is 0.382. The van der Waals surface area contributed by atoms with Gasteiger partial charge >= 0.3 is 5.97 Å². The molecule has 74 valence electrons. The minimum absolute atomic E-state index is 0.162. The van der Waals surface area contributed by atoms with E-state index in [4.69, 9.17) is 5.11 Å². The molecule has 0 atom stereocenters. The number of rotatable bonds is 3. The molecule has 0 saturated carbocycles. The number of carbonyl (C=O) groups is 1. The molecule has 0 spiro atoms. The van der Waals surface area contributed by atoms with Gasteiger partial charge in [0.05, 0.1) is 6.21 Å². The average molecular weight is 195 g/mol. The van der Waals surface area contributed by atoms with E-state index in [2.05, 4.69) is 9.99 Å². The zero-order valence-electron chi connectivity index (χ0n) is 7.47. The number of aromatic hydroxyl groups is 1. The van der Waals surface area contributed by atoms with Gasteiger partial charge in [0.1, 0.15) is 18.4 Å². The fraction of sp³-hybridized carbons (Fsp3) is 0.111. The fourth-order valence-electron chi connectivity index (χ4n) is 0.919. The lowest BCUT2D eigenvalue weighted by atomic mass is 10.1. The molecule has 0 radical (unpaired) electrons. The van der Waals surface area contributed by atoms with Crippen LogP contribution in [-0.2, 0) is 4.84 Å². The molecule has 5 heteroatoms. The lowest BCUT2D eigenvalue weighted by molar-refractivity contribution is 0.0693. The van der Waals surface area contributed by atoms with Gasteiger partial charge in [-0.05, 0) is 23.8 Å². The predicted octanol–water partition coefficient (Wildman–Crippen LogP) is 1.07. The first-order valence-electron chi connectivity index (χ1n) is 3.78. The van der Waals surface area contributed by atoms with Crippen LogP contribution >= 0.6 is 0 Å². The summed E-state index contributed by atoms with van der Waals surface area (Å²) in [4.78, 5) is 15.0. The number of carboxylic acids is 1. The van der Waals surface area contributed by atoms with Gasteiger partial charge in [-0.3, -0.25) is 0 Å². The van der Waals surface area contributed by atoms with Crippen molar-refractivity contribution in [2.24, 2.45) is 5.16 Å². The van der Waals surface area contributed by atoms with Crippen LogP contribution in [-0.4, -0.2) is 29.5 Å². The molecule has 1 aromatic carbocycles. The first-order valence-corrected chi connectivity index (χ1v) is 3.78. The molecular formula is C9H9NO4. The molecule has 5 nitrogen and oxygen atoms in total. The van der Waals surface area contributed by atoms with Crippen LogP contribution in [0.25, 0.3) is 0 Å². The van der Waals surface area contributed by atoms with Gasteiger partial charge < -0.3 is 15.1 Å². The fourth-order valence-corrected chi connectivity index (χ4v) is 0.919. The van der Waals surface area contributed by atoms with Crippen molar-refractivity contribution in [3.05, 3.63) is 29.3 Å². The molecule has 0 bridgehead atoms. The van der Waals surface area contributed by atoms with E-state index in [1.807, 2.05) is 0 Å². The highest BCUT2D eigenvalue weighted by atomic mass is 16.6. The molecule has 1 aromatic rings. The van der Waals surface area contributed by atoms with Gasteiger partial charge in [-0.15, -0.1) is 0 Å². The van der Waals surface area contributed by atoms with Crippen LogP contribution in [0.2, 0.25) is 0 Å². The molecule has 2 N–H and O–H groups in total. The van der Waals surface area contributed by atoms with Crippen LogP contribution in [0.1, 0.15) is 15.9 Å². The van der Waals surface area contributed by atoms with Crippen LogP contribution in [0.4, 0.5) is 0 Å². The highest BCUT2D eigenvalue weighted by Crippen LogP contribution is 2.17. The molecule has 0 fully saturated rings. The predicted molar refractivity (Wildman–Crippen MR) is 49.7 cm³/mol. The van der Waals surface area contributed by atoms with Gasteiger partial charge in [-0.25, -0.2) is 4.79 Å². The Morgan fingerprint density at radius 1 is 1.57 bits per heavy atom. The SMILES string of the molecule is CO/N=C/c1ccc(O)c(C(=O)O)c1. The number of phenols is 1. The largest absolute Gasteiger partial charge is 0.507 e. The van der Waals surface area contributed by atoms with Gasteiger partial charge in [0.25, 0.3) is 0 Å². The maximum atomic E-state index is 10.6. The molecule has 0 aliphatic rings. The van der Waals surface area contributed by atoms with Crippen LogP contribution < -0.4 is 0 Å². The van der Waals surface area contributed by atoms with Crippen molar-refractivity contribution in [1.82, 2.24) is 0 Å². The van der Waals surface area contributed by atoms with Crippen LogP contribution in [0.3, 0.4) is 0 Å². The number of nitrogens with zero attached hydrogens (tertiary/aromatic N) is 1. The minimum Gasteiger partial charge on any atom is -0.507 e. The second-order valence-electron chi connectivity index (χ2n) is 2.50. The first-order chi connectivity index (χ1) is 6.65. The van der Waals surface area contributed by atoms with Crippen molar-refractivity contribution in [1.29, 1.82) is 0 Å². The summed E-state index contributed by atoms with van der Waals surface area (Å²) in [7, 11) is 1.38. The number of benzene rings is 1. The topological polar surface area (TPSA) is 79.1 Å². The summed E-state index contributed by atoms with van der Waals surface area (Å²) in [5.74, 6) is -1.46. The second-order valence-corrected chi connectivity index (χ2v) is 2.50. The molecule has 0 heterocycles. The third kappa shape index (κ3) is 2.22. The third-order valence-electron chi connectivity index (χ3n) is 1.56. The normalized spacial score (nSPS) is 10.4. The van der Waals surface area contributed by atoms with E-state index >= 15 is 0 Å². The van der Waals surface area contributed by atoms with E-state index in [0.29, 0.717) is 5.56 Å². The summed E-state index contributed by atoms with van der Waals surface area (Å²) in [6.45, 7) is 0. The summed E-state index contributed by atoms with van der Waals surface area (Å²) in [5, 5.41) is 21.3. The molecule has 0 aliphatic carbocycles. The number of hydrogen-bond donors (Lipinski definition) is 2. The van der Waals surface area contributed by atoms with Crippen molar-refractivity contribution in [3.8, 4) is 5.75 Å². The van der Waals surface area contributed by atoms with E-state index < -0.39 is 5.97 Å². The number of aromatic carboxylic acids is 1. The second kappa shape index (κ2) is 4.27. The monoisotopic (exact) mass is 195 g/mol. The Hall–Kier alpha value is -2.04. The molecule has 14 heavy (non-hydrogen) atoms. The van der Waals surface area contributed by atoms with Crippen molar-refractivity contribution < 1.29 is 19.8 Å². The Bertz CT molecular complexity index is 373. The molecule has 0 saturated heterocycles. The highest BCUT2D eigenvalue weighted by Gasteiger charge is 2.08. The Balaban J connectivity index is 3.06. The Kier molecular flexibility index (Phi) is 3.06. The van der Waals surface area contributed by atoms with Gasteiger partial charge in [-0.2, -0.15) is 0 Å². The lowest BCUT2D eigenvalue weighted by Gasteiger charge is -1.99. The van der Waals surface area contributed by atoms with E-state index in [1.165, 1.54) is 31.5 Å². The third-order valence-corrected chi connectivity index (χ3v) is 1.56. The van der Waals surface area contributed by atoms with Crippen molar-refractivity contribution in [2.45, 2.75) is 0 Å². The van der Waals surface area contributed by atoms with Crippen LogP contribution in [0, 0.1) is 0 Å². The van der Waals surface area contributed by atoms with Crippen molar-refractivity contribution >= 4 is 12.2 Å². The van der Waals surface area contributed by atoms with E-state index in [-0.39, 0.29) is 11.3 Å². The molecule has 0 aromatic heterocycles. The van der Waals surface area contributed by atoms with Gasteiger partial charge in [0.2, 0.25) is 0 Å². The number of carboxylic acid groups (broad SMARTS) is 1. The van der Waals surface area contributed by atoms with Crippen LogP contribution in [0.15, 0.2) is 23.4 Å². The van der Waals surface area contributed by atoms with E-state index in [1.54, 1.807) is 0 Å². The quantitative estimate of drug-likeness (QED) is 0.558. The summed E-state index contributed by atoms with van der Waals surface area (Å²) in [6.07, 6.45) is 1.35. The molecule has 1 rings (SSSR count). The summed E-state index contributed by atoms with van der Waals surface area (Å²) >= 11 is 0. The molecule has 0 aliphatic heterocycles. The number of oxime groups is 1. The maximum absolute atomic E-state index is 10.6. The Morgan fingerprint density at radius 2 is 2.29 bits per heavy atom. The Labute approximate surface area is 80.2 Å². The molecule has 0 amide bonds. The standard InChI is InChI=1S/C9H9NO4/c1-14-10-5-6-2-3-8(11)7(4-6)9(12)13/h2-5,11H,1H3,(H,12,13)/b10-5+. The van der Waals surface area contributed by atoms with Crippen molar-refractivity contribution in [3.63, 3.8) is 0 Å². The summed E-state index contributed by atoms with van der Waals surface area (Å²) < 4.78 is 0. The van der Waals surface area contributed by atoms with Gasteiger partial charge in [0, 0.05) is 0 Å². The number of hydrogen-bond acceptors (Lipinski definition) is 4. The minimum atomic E-state index is -1.19. The highest BCUT2D eigenvalue weighted by molar-refractivity contribution is 5.93. The first kappa shape index (κ1) is 10.0. The smallest absolute Gasteiger partial charge is 0.339 e. The van der Waals surface area contributed by atoms with Gasteiger partial charge in [0.15, 0.2) is 0 Å². The summed E-state index contributed by atoms with van der Waals surface area (Å²) in [6, 6.07) is 4.13. The Morgan fingerprint density at radius 3 is 2.86 bits per heavy atom.